The predicted octanol–water partition coefficient (Wildman–Crippen LogP) is 5.28. The molecule has 0 spiro atoms. The van der Waals surface area contributed by atoms with E-state index >= 15 is 0 Å². The van der Waals surface area contributed by atoms with Gasteiger partial charge in [-0.3, -0.25) is 10.1 Å². The SMILES string of the molecule is O=C(Nc1nc(-c2ccccc2OC(F)F)cs1)c1cc2c(F)cccc2[nH]1. The van der Waals surface area contributed by atoms with Gasteiger partial charge in [0.05, 0.1) is 5.69 Å². The number of carbonyl (C=O) groups is 1. The van der Waals surface area contributed by atoms with Gasteiger partial charge in [0.15, 0.2) is 5.13 Å². The van der Waals surface area contributed by atoms with E-state index in [2.05, 4.69) is 20.0 Å². The van der Waals surface area contributed by atoms with Crippen molar-refractivity contribution in [2.45, 2.75) is 6.61 Å². The smallest absolute Gasteiger partial charge is 0.387 e. The average molecular weight is 403 g/mol. The van der Waals surface area contributed by atoms with Gasteiger partial charge < -0.3 is 9.72 Å². The van der Waals surface area contributed by atoms with Gasteiger partial charge in [0, 0.05) is 21.8 Å². The maximum absolute atomic E-state index is 13.8. The molecule has 2 aromatic heterocycles. The van der Waals surface area contributed by atoms with Crippen molar-refractivity contribution in [1.82, 2.24) is 9.97 Å². The van der Waals surface area contributed by atoms with E-state index in [1.807, 2.05) is 0 Å². The first-order valence-electron chi connectivity index (χ1n) is 8.09. The maximum atomic E-state index is 13.8. The third-order valence-electron chi connectivity index (χ3n) is 3.96. The molecule has 4 aromatic rings. The fourth-order valence-corrected chi connectivity index (χ4v) is 3.44. The highest BCUT2D eigenvalue weighted by Gasteiger charge is 2.16. The van der Waals surface area contributed by atoms with E-state index in [1.54, 1.807) is 35.7 Å². The van der Waals surface area contributed by atoms with E-state index in [9.17, 15) is 18.0 Å². The summed E-state index contributed by atoms with van der Waals surface area (Å²) in [6.07, 6.45) is 0. The van der Waals surface area contributed by atoms with Crippen molar-refractivity contribution in [3.63, 3.8) is 0 Å². The fourth-order valence-electron chi connectivity index (χ4n) is 2.74. The number of fused-ring (bicyclic) bond motifs is 1. The number of nitrogens with one attached hydrogen (secondary N) is 2. The van der Waals surface area contributed by atoms with E-state index in [0.29, 0.717) is 22.2 Å². The number of aromatic nitrogens is 2. The zero-order valence-corrected chi connectivity index (χ0v) is 14.9. The summed E-state index contributed by atoms with van der Waals surface area (Å²) in [5.41, 5.74) is 1.45. The number of hydrogen-bond acceptors (Lipinski definition) is 4. The second-order valence-corrected chi connectivity index (χ2v) is 6.61. The van der Waals surface area contributed by atoms with Gasteiger partial charge >= 0.3 is 6.61 Å². The molecule has 0 aliphatic heterocycles. The molecule has 0 atom stereocenters. The van der Waals surface area contributed by atoms with E-state index in [1.165, 1.54) is 18.2 Å². The van der Waals surface area contributed by atoms with E-state index in [0.717, 1.165) is 11.3 Å². The van der Waals surface area contributed by atoms with Crippen LogP contribution >= 0.6 is 11.3 Å². The van der Waals surface area contributed by atoms with Crippen molar-refractivity contribution in [1.29, 1.82) is 0 Å². The van der Waals surface area contributed by atoms with Crippen molar-refractivity contribution in [3.05, 3.63) is 65.4 Å². The molecule has 0 aliphatic rings. The lowest BCUT2D eigenvalue weighted by atomic mass is 10.1. The minimum atomic E-state index is -2.96. The lowest BCUT2D eigenvalue weighted by Crippen LogP contribution is -2.11. The lowest BCUT2D eigenvalue weighted by molar-refractivity contribution is -0.0494. The molecule has 0 bridgehead atoms. The number of ether oxygens (including phenoxy) is 1. The fraction of sp³-hybridized carbons (Fsp3) is 0.0526. The molecule has 2 aromatic carbocycles. The Kier molecular flexibility index (Phi) is 4.74. The standard InChI is InChI=1S/C19H12F3N3O2S/c20-12-5-3-6-13-11(12)8-14(23-13)17(26)25-19-24-15(9-28-19)10-4-1-2-7-16(10)27-18(21)22/h1-9,18,23H,(H,24,25,26). The normalized spacial score (nSPS) is 11.1. The van der Waals surface area contributed by atoms with Crippen molar-refractivity contribution in [2.24, 2.45) is 0 Å². The van der Waals surface area contributed by atoms with Crippen LogP contribution in [0.25, 0.3) is 22.2 Å². The van der Waals surface area contributed by atoms with Crippen LogP contribution in [0.5, 0.6) is 5.75 Å². The monoisotopic (exact) mass is 403 g/mol. The molecular formula is C19H12F3N3O2S. The molecule has 0 aliphatic carbocycles. The number of rotatable bonds is 5. The first kappa shape index (κ1) is 18.1. The Hall–Kier alpha value is -3.33. The zero-order chi connectivity index (χ0) is 19.7. The van der Waals surface area contributed by atoms with Gasteiger partial charge in [-0.25, -0.2) is 9.37 Å². The van der Waals surface area contributed by atoms with E-state index in [4.69, 9.17) is 0 Å². The molecule has 4 rings (SSSR count). The Balaban J connectivity index is 1.56. The number of carbonyl (C=O) groups excluding carboxylic acids is 1. The van der Waals surface area contributed by atoms with Gasteiger partial charge in [-0.1, -0.05) is 18.2 Å². The van der Waals surface area contributed by atoms with Crippen molar-refractivity contribution >= 4 is 33.3 Å². The molecule has 0 fully saturated rings. The number of alkyl halides is 2. The van der Waals surface area contributed by atoms with Crippen LogP contribution in [0.4, 0.5) is 18.3 Å². The number of para-hydroxylation sites is 1. The second kappa shape index (κ2) is 7.35. The lowest BCUT2D eigenvalue weighted by Gasteiger charge is -2.08. The van der Waals surface area contributed by atoms with Crippen LogP contribution in [0.3, 0.4) is 0 Å². The molecule has 1 amide bonds. The summed E-state index contributed by atoms with van der Waals surface area (Å²) in [7, 11) is 0. The van der Waals surface area contributed by atoms with Crippen molar-refractivity contribution in [2.75, 3.05) is 5.32 Å². The number of hydrogen-bond donors (Lipinski definition) is 2. The van der Waals surface area contributed by atoms with Crippen LogP contribution in [-0.2, 0) is 0 Å². The number of thiazole rings is 1. The van der Waals surface area contributed by atoms with E-state index < -0.39 is 18.3 Å². The van der Waals surface area contributed by atoms with Crippen LogP contribution in [0.1, 0.15) is 10.5 Å². The molecule has 9 heteroatoms. The molecule has 5 nitrogen and oxygen atoms in total. The largest absolute Gasteiger partial charge is 0.434 e. The zero-order valence-electron chi connectivity index (χ0n) is 14.1. The number of H-pyrrole nitrogens is 1. The summed E-state index contributed by atoms with van der Waals surface area (Å²) in [6.45, 7) is -2.96. The molecule has 0 saturated heterocycles. The second-order valence-electron chi connectivity index (χ2n) is 5.75. The van der Waals surface area contributed by atoms with Crippen LogP contribution in [0.15, 0.2) is 53.9 Å². The quantitative estimate of drug-likeness (QED) is 0.476. The van der Waals surface area contributed by atoms with Crippen molar-refractivity contribution < 1.29 is 22.7 Å². The first-order valence-corrected chi connectivity index (χ1v) is 8.97. The Morgan fingerprint density at radius 2 is 2.00 bits per heavy atom. The topological polar surface area (TPSA) is 67.0 Å². The van der Waals surface area contributed by atoms with Crippen LogP contribution in [0.2, 0.25) is 0 Å². The van der Waals surface area contributed by atoms with Gasteiger partial charge in [-0.2, -0.15) is 8.78 Å². The first-order chi connectivity index (χ1) is 13.5. The Labute approximate surface area is 160 Å². The molecule has 2 heterocycles. The summed E-state index contributed by atoms with van der Waals surface area (Å²) in [5, 5.41) is 4.81. The molecule has 142 valence electrons. The van der Waals surface area contributed by atoms with Gasteiger partial charge in [-0.15, -0.1) is 11.3 Å². The maximum Gasteiger partial charge on any atom is 0.387 e. The van der Waals surface area contributed by atoms with Gasteiger partial charge in [0.1, 0.15) is 17.3 Å². The number of benzene rings is 2. The van der Waals surface area contributed by atoms with Gasteiger partial charge in [0.25, 0.3) is 5.91 Å². The summed E-state index contributed by atoms with van der Waals surface area (Å²) in [5.74, 6) is -0.930. The molecule has 28 heavy (non-hydrogen) atoms. The number of halogens is 3. The number of nitrogens with zero attached hydrogens (tertiary/aromatic N) is 1. The number of anilines is 1. The van der Waals surface area contributed by atoms with Crippen LogP contribution in [0, 0.1) is 5.82 Å². The summed E-state index contributed by atoms with van der Waals surface area (Å²) in [4.78, 5) is 19.5. The summed E-state index contributed by atoms with van der Waals surface area (Å²) < 4.78 is 43.4. The Bertz CT molecular complexity index is 1160. The molecule has 0 saturated carbocycles. The highest BCUT2D eigenvalue weighted by Crippen LogP contribution is 2.33. The van der Waals surface area contributed by atoms with E-state index in [-0.39, 0.29) is 16.6 Å². The third-order valence-corrected chi connectivity index (χ3v) is 4.72. The Morgan fingerprint density at radius 3 is 2.79 bits per heavy atom. The Morgan fingerprint density at radius 1 is 1.18 bits per heavy atom. The highest BCUT2D eigenvalue weighted by atomic mass is 32.1. The minimum absolute atomic E-state index is 0.00762. The molecule has 2 N–H and O–H groups in total. The molecule has 0 unspecified atom stereocenters. The summed E-state index contributed by atoms with van der Waals surface area (Å²) >= 11 is 1.13. The highest BCUT2D eigenvalue weighted by molar-refractivity contribution is 7.14. The molecular weight excluding hydrogens is 391 g/mol. The van der Waals surface area contributed by atoms with Crippen molar-refractivity contribution in [3.8, 4) is 17.0 Å². The average Bonchev–Trinajstić information content (AvgIpc) is 3.29. The number of aromatic amines is 1. The predicted molar refractivity (Wildman–Crippen MR) is 100 cm³/mol. The number of amides is 1. The van der Waals surface area contributed by atoms with Gasteiger partial charge in [0.2, 0.25) is 0 Å². The van der Waals surface area contributed by atoms with Crippen LogP contribution < -0.4 is 10.1 Å². The third kappa shape index (κ3) is 3.56. The summed E-state index contributed by atoms with van der Waals surface area (Å²) in [6, 6.07) is 12.2. The van der Waals surface area contributed by atoms with Gasteiger partial charge in [-0.05, 0) is 30.3 Å². The van der Waals surface area contributed by atoms with Crippen LogP contribution in [-0.4, -0.2) is 22.5 Å². The molecule has 0 radical (unpaired) electrons. The minimum Gasteiger partial charge on any atom is -0.434 e.